The van der Waals surface area contributed by atoms with E-state index in [1.165, 1.54) is 0 Å². The molecule has 1 N–H and O–H groups in total. The molecule has 2 heteroatoms. The molecule has 0 fully saturated rings. The van der Waals surface area contributed by atoms with Gasteiger partial charge >= 0.3 is 5.97 Å². The summed E-state index contributed by atoms with van der Waals surface area (Å²) < 4.78 is 0. The molecule has 2 rings (SSSR count). The first-order valence-corrected chi connectivity index (χ1v) is 4.27. The van der Waals surface area contributed by atoms with Gasteiger partial charge in [-0.25, -0.2) is 0 Å². The lowest BCUT2D eigenvalue weighted by Gasteiger charge is -2.16. The van der Waals surface area contributed by atoms with E-state index in [1.807, 2.05) is 24.3 Å². The fourth-order valence-electron chi connectivity index (χ4n) is 1.85. The Morgan fingerprint density at radius 3 is 2.15 bits per heavy atom. The van der Waals surface area contributed by atoms with E-state index in [2.05, 4.69) is 6.92 Å². The summed E-state index contributed by atoms with van der Waals surface area (Å²) in [6, 6.07) is 7.83. The number of hydrogen-bond donors (Lipinski definition) is 1. The molecular formula is C11H11O2. The first-order valence-electron chi connectivity index (χ1n) is 4.27. The summed E-state index contributed by atoms with van der Waals surface area (Å²) in [5.74, 6) is -0.802. The van der Waals surface area contributed by atoms with Gasteiger partial charge in [0.05, 0.1) is 5.41 Å². The molecule has 0 unspecified atom stereocenters. The van der Waals surface area contributed by atoms with Crippen molar-refractivity contribution in [1.82, 2.24) is 0 Å². The van der Waals surface area contributed by atoms with Gasteiger partial charge in [-0.1, -0.05) is 24.3 Å². The van der Waals surface area contributed by atoms with Crippen LogP contribution in [0.1, 0.15) is 11.1 Å². The Labute approximate surface area is 77.2 Å². The fourth-order valence-corrected chi connectivity index (χ4v) is 1.85. The van der Waals surface area contributed by atoms with Crippen LogP contribution in [0.3, 0.4) is 0 Å². The van der Waals surface area contributed by atoms with Crippen molar-refractivity contribution in [2.75, 3.05) is 0 Å². The molecule has 0 atom stereocenters. The number of benzene rings is 1. The SMILES string of the molecule is [CH2]C1(C(=O)O)Cc2ccccc2C1. The van der Waals surface area contributed by atoms with Crippen molar-refractivity contribution in [2.24, 2.45) is 5.41 Å². The van der Waals surface area contributed by atoms with E-state index >= 15 is 0 Å². The zero-order chi connectivity index (χ0) is 9.47. The molecule has 0 heterocycles. The van der Waals surface area contributed by atoms with Crippen LogP contribution >= 0.6 is 0 Å². The third-order valence-corrected chi connectivity index (χ3v) is 2.63. The number of carboxylic acids is 1. The van der Waals surface area contributed by atoms with Crippen LogP contribution in [0, 0.1) is 12.3 Å². The van der Waals surface area contributed by atoms with Crippen LogP contribution in [0.5, 0.6) is 0 Å². The molecule has 0 amide bonds. The molecule has 0 aliphatic heterocycles. The average Bonchev–Trinajstić information content (AvgIpc) is 2.42. The van der Waals surface area contributed by atoms with Gasteiger partial charge in [0.25, 0.3) is 0 Å². The number of carboxylic acid groups (broad SMARTS) is 1. The second-order valence-corrected chi connectivity index (χ2v) is 3.71. The normalized spacial score (nSPS) is 18.2. The van der Waals surface area contributed by atoms with Crippen LogP contribution in [0.15, 0.2) is 24.3 Å². The number of fused-ring (bicyclic) bond motifs is 1. The third-order valence-electron chi connectivity index (χ3n) is 2.63. The Morgan fingerprint density at radius 2 is 1.77 bits per heavy atom. The maximum atomic E-state index is 10.9. The van der Waals surface area contributed by atoms with Crippen LogP contribution < -0.4 is 0 Å². The lowest BCUT2D eigenvalue weighted by atomic mass is 9.88. The van der Waals surface area contributed by atoms with Gasteiger partial charge in [0.2, 0.25) is 0 Å². The molecule has 67 valence electrons. The van der Waals surface area contributed by atoms with E-state index in [9.17, 15) is 4.79 Å². The van der Waals surface area contributed by atoms with E-state index in [-0.39, 0.29) is 0 Å². The van der Waals surface area contributed by atoms with E-state index in [1.54, 1.807) is 0 Å². The number of hydrogen-bond acceptors (Lipinski definition) is 1. The summed E-state index contributed by atoms with van der Waals surface area (Å²) in [6.07, 6.45) is 1.11. The van der Waals surface area contributed by atoms with Crippen molar-refractivity contribution < 1.29 is 9.90 Å². The van der Waals surface area contributed by atoms with Gasteiger partial charge in [0.1, 0.15) is 0 Å². The Bertz CT molecular complexity index is 330. The van der Waals surface area contributed by atoms with Crippen molar-refractivity contribution >= 4 is 5.97 Å². The predicted octanol–water partition coefficient (Wildman–Crippen LogP) is 1.69. The number of carbonyl (C=O) groups is 1. The number of rotatable bonds is 1. The Hall–Kier alpha value is -1.31. The van der Waals surface area contributed by atoms with Gasteiger partial charge in [0, 0.05) is 0 Å². The van der Waals surface area contributed by atoms with Crippen LogP contribution in [0.2, 0.25) is 0 Å². The van der Waals surface area contributed by atoms with Gasteiger partial charge in [-0.3, -0.25) is 4.79 Å². The summed E-state index contributed by atoms with van der Waals surface area (Å²) in [4.78, 5) is 10.9. The summed E-state index contributed by atoms with van der Waals surface area (Å²) in [5, 5.41) is 8.98. The quantitative estimate of drug-likeness (QED) is 0.705. The van der Waals surface area contributed by atoms with Crippen LogP contribution in [-0.2, 0) is 17.6 Å². The highest BCUT2D eigenvalue weighted by atomic mass is 16.4. The first-order chi connectivity index (χ1) is 6.12. The highest BCUT2D eigenvalue weighted by Crippen LogP contribution is 2.36. The summed E-state index contributed by atoms with van der Waals surface area (Å²) in [7, 11) is 0. The van der Waals surface area contributed by atoms with Crippen molar-refractivity contribution in [3.8, 4) is 0 Å². The lowest BCUT2D eigenvalue weighted by molar-refractivity contribution is -0.145. The maximum absolute atomic E-state index is 10.9. The zero-order valence-corrected chi connectivity index (χ0v) is 7.29. The van der Waals surface area contributed by atoms with Crippen LogP contribution in [-0.4, -0.2) is 11.1 Å². The van der Waals surface area contributed by atoms with Crippen molar-refractivity contribution in [2.45, 2.75) is 12.8 Å². The molecule has 1 aliphatic carbocycles. The Balaban J connectivity index is 2.37. The molecule has 0 spiro atoms. The highest BCUT2D eigenvalue weighted by Gasteiger charge is 2.39. The standard InChI is InChI=1S/C11H11O2/c1-11(10(12)13)6-8-4-2-3-5-9(8)7-11/h2-5H,1,6-7H2,(H,12,13). The monoisotopic (exact) mass is 175 g/mol. The van der Waals surface area contributed by atoms with E-state index < -0.39 is 11.4 Å². The van der Waals surface area contributed by atoms with Crippen molar-refractivity contribution in [3.63, 3.8) is 0 Å². The molecule has 1 aliphatic rings. The second-order valence-electron chi connectivity index (χ2n) is 3.71. The minimum atomic E-state index is -0.830. The molecule has 1 radical (unpaired) electrons. The molecular weight excluding hydrogens is 164 g/mol. The fraction of sp³-hybridized carbons (Fsp3) is 0.273. The van der Waals surface area contributed by atoms with Crippen molar-refractivity contribution in [1.29, 1.82) is 0 Å². The van der Waals surface area contributed by atoms with E-state index in [0.717, 1.165) is 11.1 Å². The minimum Gasteiger partial charge on any atom is -0.481 e. The van der Waals surface area contributed by atoms with Crippen LogP contribution in [0.4, 0.5) is 0 Å². The molecule has 0 saturated heterocycles. The molecule has 2 nitrogen and oxygen atoms in total. The van der Waals surface area contributed by atoms with Crippen molar-refractivity contribution in [3.05, 3.63) is 42.3 Å². The summed E-state index contributed by atoms with van der Waals surface area (Å²) >= 11 is 0. The van der Waals surface area contributed by atoms with Gasteiger partial charge in [-0.2, -0.15) is 0 Å². The maximum Gasteiger partial charge on any atom is 0.310 e. The first kappa shape index (κ1) is 8.30. The average molecular weight is 175 g/mol. The summed E-state index contributed by atoms with van der Waals surface area (Å²) in [5.41, 5.74) is 1.42. The third kappa shape index (κ3) is 1.22. The van der Waals surface area contributed by atoms with E-state index in [0.29, 0.717) is 12.8 Å². The smallest absolute Gasteiger partial charge is 0.310 e. The zero-order valence-electron chi connectivity index (χ0n) is 7.29. The lowest BCUT2D eigenvalue weighted by Crippen LogP contribution is -2.28. The molecule has 1 aromatic rings. The number of aliphatic carboxylic acids is 1. The minimum absolute atomic E-state index is 0.554. The summed E-state index contributed by atoms with van der Waals surface area (Å²) in [6.45, 7) is 3.78. The molecule has 0 bridgehead atoms. The molecule has 0 aromatic heterocycles. The second kappa shape index (κ2) is 2.59. The molecule has 1 aromatic carbocycles. The Kier molecular flexibility index (Phi) is 1.65. The largest absolute Gasteiger partial charge is 0.481 e. The molecule has 13 heavy (non-hydrogen) atoms. The highest BCUT2D eigenvalue weighted by molar-refractivity contribution is 5.77. The van der Waals surface area contributed by atoms with Gasteiger partial charge in [-0.05, 0) is 30.9 Å². The van der Waals surface area contributed by atoms with E-state index in [4.69, 9.17) is 5.11 Å². The van der Waals surface area contributed by atoms with Gasteiger partial charge < -0.3 is 5.11 Å². The van der Waals surface area contributed by atoms with Gasteiger partial charge in [0.15, 0.2) is 0 Å². The Morgan fingerprint density at radius 1 is 1.31 bits per heavy atom. The topological polar surface area (TPSA) is 37.3 Å². The molecule has 0 saturated carbocycles. The van der Waals surface area contributed by atoms with Crippen LogP contribution in [0.25, 0.3) is 0 Å². The van der Waals surface area contributed by atoms with Gasteiger partial charge in [-0.15, -0.1) is 0 Å². The predicted molar refractivity (Wildman–Crippen MR) is 49.3 cm³/mol.